The fourth-order valence-electron chi connectivity index (χ4n) is 3.47. The number of ether oxygens (including phenoxy) is 1. The topological polar surface area (TPSA) is 88.4 Å². The predicted molar refractivity (Wildman–Crippen MR) is 99.9 cm³/mol. The molecule has 0 aliphatic carbocycles. The summed E-state index contributed by atoms with van der Waals surface area (Å²) in [5.41, 5.74) is 0.661. The highest BCUT2D eigenvalue weighted by Crippen LogP contribution is 2.35. The second-order valence-electron chi connectivity index (χ2n) is 6.96. The number of nitrogens with one attached hydrogen (secondary N) is 1. The summed E-state index contributed by atoms with van der Waals surface area (Å²) in [7, 11) is 5.65. The third-order valence-electron chi connectivity index (χ3n) is 5.13. The van der Waals surface area contributed by atoms with E-state index in [0.717, 1.165) is 17.8 Å². The highest BCUT2D eigenvalue weighted by molar-refractivity contribution is 5.74. The molecule has 0 saturated carbocycles. The van der Waals surface area contributed by atoms with Crippen LogP contribution < -0.4 is 5.32 Å². The smallest absolute Gasteiger partial charge is 0.317 e. The summed E-state index contributed by atoms with van der Waals surface area (Å²) in [4.78, 5) is 16.6. The van der Waals surface area contributed by atoms with Crippen molar-refractivity contribution in [2.45, 2.75) is 25.0 Å². The SMILES string of the molecule is COCCn1nnnc1C1(N(C)C)CCN(C(=O)NCc2ccccc2)C1. The van der Waals surface area contributed by atoms with Crippen LogP contribution in [0.4, 0.5) is 4.79 Å². The Morgan fingerprint density at radius 1 is 1.33 bits per heavy atom. The first-order valence-electron chi connectivity index (χ1n) is 9.06. The van der Waals surface area contributed by atoms with E-state index in [2.05, 4.69) is 25.7 Å². The molecule has 1 unspecified atom stereocenters. The first kappa shape index (κ1) is 19.2. The normalized spacial score (nSPS) is 19.6. The van der Waals surface area contributed by atoms with Crippen LogP contribution in [0.25, 0.3) is 0 Å². The molecule has 2 aromatic rings. The average Bonchev–Trinajstić information content (AvgIpc) is 3.33. The molecule has 1 aliphatic heterocycles. The van der Waals surface area contributed by atoms with E-state index in [1.807, 2.05) is 49.3 Å². The van der Waals surface area contributed by atoms with Crippen LogP contribution in [0.1, 0.15) is 17.8 Å². The maximum Gasteiger partial charge on any atom is 0.317 e. The zero-order chi connectivity index (χ0) is 19.3. The molecule has 1 aromatic carbocycles. The molecule has 1 aromatic heterocycles. The van der Waals surface area contributed by atoms with E-state index in [4.69, 9.17) is 4.74 Å². The fraction of sp³-hybridized carbons (Fsp3) is 0.556. The van der Waals surface area contributed by atoms with Crippen LogP contribution in [-0.2, 0) is 23.4 Å². The number of likely N-dealkylation sites (N-methyl/N-ethyl adjacent to an activating group) is 1. The molecule has 2 heterocycles. The number of nitrogens with zero attached hydrogens (tertiary/aromatic N) is 6. The van der Waals surface area contributed by atoms with E-state index in [-0.39, 0.29) is 6.03 Å². The molecule has 3 rings (SSSR count). The van der Waals surface area contributed by atoms with Crippen molar-refractivity contribution in [3.63, 3.8) is 0 Å². The van der Waals surface area contributed by atoms with Crippen molar-refractivity contribution in [1.82, 2.24) is 35.3 Å². The van der Waals surface area contributed by atoms with Crippen LogP contribution in [0.3, 0.4) is 0 Å². The third-order valence-corrected chi connectivity index (χ3v) is 5.13. The number of benzene rings is 1. The number of aromatic nitrogens is 4. The average molecular weight is 373 g/mol. The Labute approximate surface area is 159 Å². The van der Waals surface area contributed by atoms with Gasteiger partial charge in [-0.25, -0.2) is 9.48 Å². The Balaban J connectivity index is 1.70. The first-order chi connectivity index (χ1) is 13.1. The number of rotatable bonds is 7. The molecule has 0 bridgehead atoms. The Hall–Kier alpha value is -2.52. The zero-order valence-electron chi connectivity index (χ0n) is 16.1. The molecule has 146 valence electrons. The highest BCUT2D eigenvalue weighted by atomic mass is 16.5. The van der Waals surface area contributed by atoms with Gasteiger partial charge in [0.25, 0.3) is 0 Å². The number of hydrogen-bond acceptors (Lipinski definition) is 6. The predicted octanol–water partition coefficient (Wildman–Crippen LogP) is 0.692. The van der Waals surface area contributed by atoms with Crippen LogP contribution >= 0.6 is 0 Å². The second kappa shape index (κ2) is 8.45. The molecular weight excluding hydrogens is 346 g/mol. The molecule has 1 aliphatic rings. The monoisotopic (exact) mass is 373 g/mol. The Kier molecular flexibility index (Phi) is 6.02. The summed E-state index contributed by atoms with van der Waals surface area (Å²) in [5, 5.41) is 15.2. The second-order valence-corrected chi connectivity index (χ2v) is 6.96. The molecule has 9 heteroatoms. The lowest BCUT2D eigenvalue weighted by Gasteiger charge is -2.34. The van der Waals surface area contributed by atoms with Crippen molar-refractivity contribution in [2.24, 2.45) is 0 Å². The minimum atomic E-state index is -0.415. The number of urea groups is 1. The van der Waals surface area contributed by atoms with Gasteiger partial charge in [0.05, 0.1) is 13.2 Å². The van der Waals surface area contributed by atoms with Gasteiger partial charge in [-0.3, -0.25) is 4.90 Å². The van der Waals surface area contributed by atoms with Gasteiger partial charge in [-0.1, -0.05) is 30.3 Å². The number of carbonyl (C=O) groups excluding carboxylic acids is 1. The van der Waals surface area contributed by atoms with Crippen molar-refractivity contribution in [2.75, 3.05) is 40.9 Å². The van der Waals surface area contributed by atoms with Gasteiger partial charge in [0, 0.05) is 26.7 Å². The lowest BCUT2D eigenvalue weighted by molar-refractivity contribution is 0.130. The summed E-state index contributed by atoms with van der Waals surface area (Å²) in [6.07, 6.45) is 0.770. The summed E-state index contributed by atoms with van der Waals surface area (Å²) in [6.45, 7) is 2.80. The maximum atomic E-state index is 12.7. The van der Waals surface area contributed by atoms with Crippen LogP contribution in [0.5, 0.6) is 0 Å². The number of amides is 2. The number of methoxy groups -OCH3 is 1. The first-order valence-corrected chi connectivity index (χ1v) is 9.06. The van der Waals surface area contributed by atoms with E-state index in [9.17, 15) is 4.79 Å². The number of hydrogen-bond donors (Lipinski definition) is 1. The highest BCUT2D eigenvalue weighted by Gasteiger charge is 2.47. The van der Waals surface area contributed by atoms with Crippen LogP contribution in [0.15, 0.2) is 30.3 Å². The van der Waals surface area contributed by atoms with E-state index in [1.54, 1.807) is 11.8 Å². The Bertz CT molecular complexity index is 749. The molecule has 0 radical (unpaired) electrons. The van der Waals surface area contributed by atoms with Gasteiger partial charge < -0.3 is 15.0 Å². The Morgan fingerprint density at radius 3 is 2.81 bits per heavy atom. The summed E-state index contributed by atoms with van der Waals surface area (Å²) in [6, 6.07) is 9.82. The van der Waals surface area contributed by atoms with Crippen molar-refractivity contribution in [3.8, 4) is 0 Å². The van der Waals surface area contributed by atoms with Crippen molar-refractivity contribution in [3.05, 3.63) is 41.7 Å². The number of tetrazole rings is 1. The van der Waals surface area contributed by atoms with Crippen LogP contribution in [0, 0.1) is 0 Å². The largest absolute Gasteiger partial charge is 0.383 e. The van der Waals surface area contributed by atoms with E-state index >= 15 is 0 Å². The molecule has 2 amide bonds. The minimum Gasteiger partial charge on any atom is -0.383 e. The molecule has 27 heavy (non-hydrogen) atoms. The van der Waals surface area contributed by atoms with E-state index < -0.39 is 5.54 Å². The zero-order valence-corrected chi connectivity index (χ0v) is 16.1. The van der Waals surface area contributed by atoms with Crippen LogP contribution in [-0.4, -0.2) is 76.9 Å². The lowest BCUT2D eigenvalue weighted by atomic mass is 9.96. The van der Waals surface area contributed by atoms with Gasteiger partial charge in [-0.15, -0.1) is 5.10 Å². The van der Waals surface area contributed by atoms with Crippen LogP contribution in [0.2, 0.25) is 0 Å². The molecule has 0 spiro atoms. The molecule has 1 saturated heterocycles. The molecule has 1 N–H and O–H groups in total. The fourth-order valence-corrected chi connectivity index (χ4v) is 3.47. The summed E-state index contributed by atoms with van der Waals surface area (Å²) < 4.78 is 6.93. The molecular formula is C18H27N7O2. The Morgan fingerprint density at radius 2 is 2.11 bits per heavy atom. The summed E-state index contributed by atoms with van der Waals surface area (Å²) in [5.74, 6) is 0.767. The van der Waals surface area contributed by atoms with Gasteiger partial charge in [0.2, 0.25) is 0 Å². The molecule has 1 fully saturated rings. The standard InChI is InChI=1S/C18H27N7O2/c1-23(2)18(16-20-21-22-25(16)11-12-27-3)9-10-24(14-18)17(26)19-13-15-7-5-4-6-8-15/h4-8H,9-14H2,1-3H3,(H,19,26). The molecule has 1 atom stereocenters. The van der Waals surface area contributed by atoms with Gasteiger partial charge >= 0.3 is 6.03 Å². The molecule has 9 nitrogen and oxygen atoms in total. The minimum absolute atomic E-state index is 0.0708. The quantitative estimate of drug-likeness (QED) is 0.768. The van der Waals surface area contributed by atoms with Gasteiger partial charge in [-0.05, 0) is 36.5 Å². The van der Waals surface area contributed by atoms with E-state index in [0.29, 0.717) is 32.8 Å². The lowest BCUT2D eigenvalue weighted by Crippen LogP contribution is -2.48. The maximum absolute atomic E-state index is 12.7. The number of carbonyl (C=O) groups is 1. The van der Waals surface area contributed by atoms with Gasteiger partial charge in [0.1, 0.15) is 5.54 Å². The summed E-state index contributed by atoms with van der Waals surface area (Å²) >= 11 is 0. The van der Waals surface area contributed by atoms with Crippen molar-refractivity contribution < 1.29 is 9.53 Å². The van der Waals surface area contributed by atoms with E-state index in [1.165, 1.54) is 0 Å². The van der Waals surface area contributed by atoms with Crippen molar-refractivity contribution >= 4 is 6.03 Å². The number of likely N-dealkylation sites (tertiary alicyclic amines) is 1. The van der Waals surface area contributed by atoms with Gasteiger partial charge in [0.15, 0.2) is 5.82 Å². The van der Waals surface area contributed by atoms with Crippen molar-refractivity contribution in [1.29, 1.82) is 0 Å². The van der Waals surface area contributed by atoms with Gasteiger partial charge in [-0.2, -0.15) is 0 Å². The third kappa shape index (κ3) is 4.09.